The third-order valence-electron chi connectivity index (χ3n) is 3.41. The van der Waals surface area contributed by atoms with Crippen LogP contribution in [0, 0.1) is 11.8 Å². The van der Waals surface area contributed by atoms with Gasteiger partial charge in [-0.2, -0.15) is 0 Å². The predicted molar refractivity (Wildman–Crippen MR) is 69.4 cm³/mol. The van der Waals surface area contributed by atoms with Crippen LogP contribution in [0.15, 0.2) is 24.3 Å². The van der Waals surface area contributed by atoms with Gasteiger partial charge in [-0.3, -0.25) is 0 Å². The topological polar surface area (TPSA) is 32.3 Å². The first-order chi connectivity index (χ1) is 7.77. The van der Waals surface area contributed by atoms with Crippen LogP contribution in [0.3, 0.4) is 0 Å². The van der Waals surface area contributed by atoms with E-state index in [1.165, 1.54) is 31.3 Å². The zero-order chi connectivity index (χ0) is 11.8. The number of rotatable bonds is 6. The highest BCUT2D eigenvalue weighted by Gasteiger charge is 2.22. The van der Waals surface area contributed by atoms with E-state index in [9.17, 15) is 0 Å². The molecular formula is C14H25NO. The third-order valence-corrected chi connectivity index (χ3v) is 3.41. The van der Waals surface area contributed by atoms with E-state index in [0.29, 0.717) is 5.92 Å². The van der Waals surface area contributed by atoms with Gasteiger partial charge in [0.15, 0.2) is 0 Å². The lowest BCUT2D eigenvalue weighted by atomic mass is 9.78. The summed E-state index contributed by atoms with van der Waals surface area (Å²) in [6, 6.07) is 0. The molecule has 1 saturated carbocycles. The average molecular weight is 223 g/mol. The maximum absolute atomic E-state index is 8.72. The Morgan fingerprint density at radius 2 is 2.31 bits per heavy atom. The van der Waals surface area contributed by atoms with E-state index < -0.39 is 0 Å². The number of aliphatic hydroxyl groups is 1. The van der Waals surface area contributed by atoms with Crippen LogP contribution in [0.25, 0.3) is 0 Å². The van der Waals surface area contributed by atoms with E-state index in [0.717, 1.165) is 19.0 Å². The molecule has 0 heterocycles. The zero-order valence-corrected chi connectivity index (χ0v) is 10.4. The SMILES string of the molecule is C=C(C=CC)C1CCCC(CNCCO)C1. The molecule has 0 spiro atoms. The van der Waals surface area contributed by atoms with E-state index in [4.69, 9.17) is 5.11 Å². The molecule has 0 bridgehead atoms. The van der Waals surface area contributed by atoms with Crippen molar-refractivity contribution in [1.82, 2.24) is 5.32 Å². The summed E-state index contributed by atoms with van der Waals surface area (Å²) in [4.78, 5) is 0. The summed E-state index contributed by atoms with van der Waals surface area (Å²) in [5.41, 5.74) is 1.29. The third kappa shape index (κ3) is 4.50. The van der Waals surface area contributed by atoms with E-state index >= 15 is 0 Å². The molecule has 92 valence electrons. The molecule has 1 rings (SSSR count). The molecule has 1 aliphatic carbocycles. The summed E-state index contributed by atoms with van der Waals surface area (Å²) in [7, 11) is 0. The zero-order valence-electron chi connectivity index (χ0n) is 10.4. The Kier molecular flexibility index (Phi) is 6.43. The second-order valence-corrected chi connectivity index (χ2v) is 4.73. The van der Waals surface area contributed by atoms with Crippen LogP contribution in [-0.2, 0) is 0 Å². The van der Waals surface area contributed by atoms with Crippen LogP contribution in [0.1, 0.15) is 32.6 Å². The summed E-state index contributed by atoms with van der Waals surface area (Å²) >= 11 is 0. The monoisotopic (exact) mass is 223 g/mol. The lowest BCUT2D eigenvalue weighted by Crippen LogP contribution is -2.29. The van der Waals surface area contributed by atoms with Gasteiger partial charge in [0.2, 0.25) is 0 Å². The van der Waals surface area contributed by atoms with Gasteiger partial charge in [0, 0.05) is 6.54 Å². The van der Waals surface area contributed by atoms with Crippen molar-refractivity contribution in [2.75, 3.05) is 19.7 Å². The minimum Gasteiger partial charge on any atom is -0.395 e. The van der Waals surface area contributed by atoms with Gasteiger partial charge in [-0.25, -0.2) is 0 Å². The second kappa shape index (κ2) is 7.64. The molecule has 1 aliphatic rings. The first-order valence-electron chi connectivity index (χ1n) is 6.41. The van der Waals surface area contributed by atoms with Crippen LogP contribution in [0.5, 0.6) is 0 Å². The fourth-order valence-corrected chi connectivity index (χ4v) is 2.55. The Morgan fingerprint density at radius 3 is 3.00 bits per heavy atom. The van der Waals surface area contributed by atoms with Crippen molar-refractivity contribution in [3.8, 4) is 0 Å². The van der Waals surface area contributed by atoms with Crippen molar-refractivity contribution < 1.29 is 5.11 Å². The first-order valence-corrected chi connectivity index (χ1v) is 6.41. The average Bonchev–Trinajstić information content (AvgIpc) is 2.30. The molecule has 1 fully saturated rings. The Labute approximate surface area is 99.4 Å². The molecule has 2 unspecified atom stereocenters. The molecule has 2 heteroatoms. The van der Waals surface area contributed by atoms with Crippen molar-refractivity contribution in [3.63, 3.8) is 0 Å². The van der Waals surface area contributed by atoms with Crippen molar-refractivity contribution in [2.24, 2.45) is 11.8 Å². The maximum Gasteiger partial charge on any atom is 0.0555 e. The number of allylic oxidation sites excluding steroid dienone is 3. The van der Waals surface area contributed by atoms with E-state index in [-0.39, 0.29) is 6.61 Å². The Morgan fingerprint density at radius 1 is 1.50 bits per heavy atom. The van der Waals surface area contributed by atoms with Gasteiger partial charge in [0.1, 0.15) is 0 Å². The van der Waals surface area contributed by atoms with Gasteiger partial charge >= 0.3 is 0 Å². The van der Waals surface area contributed by atoms with Crippen LogP contribution < -0.4 is 5.32 Å². The lowest BCUT2D eigenvalue weighted by Gasteiger charge is -2.29. The Balaban J connectivity index is 2.32. The summed E-state index contributed by atoms with van der Waals surface area (Å²) in [5, 5.41) is 12.0. The smallest absolute Gasteiger partial charge is 0.0555 e. The van der Waals surface area contributed by atoms with E-state index in [1.807, 2.05) is 6.92 Å². The summed E-state index contributed by atoms with van der Waals surface area (Å²) in [6.07, 6.45) is 9.40. The van der Waals surface area contributed by atoms with Crippen molar-refractivity contribution in [3.05, 3.63) is 24.3 Å². The predicted octanol–water partition coefficient (Wildman–Crippen LogP) is 2.51. The summed E-state index contributed by atoms with van der Waals surface area (Å²) in [5.74, 6) is 1.43. The van der Waals surface area contributed by atoms with E-state index in [2.05, 4.69) is 24.0 Å². The van der Waals surface area contributed by atoms with Gasteiger partial charge in [0.25, 0.3) is 0 Å². The van der Waals surface area contributed by atoms with Gasteiger partial charge < -0.3 is 10.4 Å². The molecule has 16 heavy (non-hydrogen) atoms. The van der Waals surface area contributed by atoms with Gasteiger partial charge in [-0.05, 0) is 44.6 Å². The van der Waals surface area contributed by atoms with Gasteiger partial charge in [-0.1, -0.05) is 30.7 Å². The fourth-order valence-electron chi connectivity index (χ4n) is 2.55. The summed E-state index contributed by atoms with van der Waals surface area (Å²) < 4.78 is 0. The van der Waals surface area contributed by atoms with Crippen LogP contribution in [-0.4, -0.2) is 24.8 Å². The minimum atomic E-state index is 0.238. The highest BCUT2D eigenvalue weighted by molar-refractivity contribution is 5.17. The molecule has 0 aromatic heterocycles. The van der Waals surface area contributed by atoms with Crippen LogP contribution >= 0.6 is 0 Å². The molecule has 0 amide bonds. The largest absolute Gasteiger partial charge is 0.395 e. The normalized spacial score (nSPS) is 26.1. The minimum absolute atomic E-state index is 0.238. The molecule has 0 saturated heterocycles. The lowest BCUT2D eigenvalue weighted by molar-refractivity contribution is 0.263. The standard InChI is InChI=1S/C14H25NO/c1-3-5-12(2)14-7-4-6-13(10-14)11-15-8-9-16/h3,5,13-16H,2,4,6-11H2,1H3. The number of hydrogen-bond acceptors (Lipinski definition) is 2. The highest BCUT2D eigenvalue weighted by atomic mass is 16.3. The highest BCUT2D eigenvalue weighted by Crippen LogP contribution is 2.33. The first kappa shape index (κ1) is 13.5. The molecule has 2 atom stereocenters. The van der Waals surface area contributed by atoms with Crippen LogP contribution in [0.4, 0.5) is 0 Å². The molecule has 0 aromatic carbocycles. The Hall–Kier alpha value is -0.600. The van der Waals surface area contributed by atoms with Crippen LogP contribution in [0.2, 0.25) is 0 Å². The molecule has 2 N–H and O–H groups in total. The van der Waals surface area contributed by atoms with E-state index in [1.54, 1.807) is 0 Å². The Bertz CT molecular complexity index is 235. The summed E-state index contributed by atoms with van der Waals surface area (Å²) in [6.45, 7) is 8.20. The molecule has 0 aromatic rings. The maximum atomic E-state index is 8.72. The van der Waals surface area contributed by atoms with Crippen molar-refractivity contribution >= 4 is 0 Å². The van der Waals surface area contributed by atoms with Gasteiger partial charge in [-0.15, -0.1) is 0 Å². The van der Waals surface area contributed by atoms with Crippen molar-refractivity contribution in [1.29, 1.82) is 0 Å². The molecule has 0 aliphatic heterocycles. The molecular weight excluding hydrogens is 198 g/mol. The number of hydrogen-bond donors (Lipinski definition) is 2. The molecule has 2 nitrogen and oxygen atoms in total. The number of aliphatic hydroxyl groups excluding tert-OH is 1. The van der Waals surface area contributed by atoms with Gasteiger partial charge in [0.05, 0.1) is 6.61 Å². The fraction of sp³-hybridized carbons (Fsp3) is 0.714. The molecule has 0 radical (unpaired) electrons. The quantitative estimate of drug-likeness (QED) is 0.535. The number of nitrogens with one attached hydrogen (secondary N) is 1. The van der Waals surface area contributed by atoms with Crippen molar-refractivity contribution in [2.45, 2.75) is 32.6 Å². The second-order valence-electron chi connectivity index (χ2n) is 4.73.